The maximum absolute atomic E-state index is 10.0. The first-order valence-electron chi connectivity index (χ1n) is 2.36. The van der Waals surface area contributed by atoms with Gasteiger partial charge in [0.2, 0.25) is 0 Å². The fraction of sp³-hybridized carbons (Fsp3) is 0.750. The van der Waals surface area contributed by atoms with Crippen LogP contribution in [-0.4, -0.2) is 36.0 Å². The van der Waals surface area contributed by atoms with Crippen LogP contribution in [0.4, 0.5) is 4.79 Å². The zero-order valence-corrected chi connectivity index (χ0v) is 4.33. The Balaban J connectivity index is 2.35. The molecule has 0 aliphatic carbocycles. The van der Waals surface area contributed by atoms with Crippen LogP contribution in [0.5, 0.6) is 0 Å². The van der Waals surface area contributed by atoms with Crippen LogP contribution >= 0.6 is 0 Å². The van der Waals surface area contributed by atoms with Crippen LogP contribution in [0.15, 0.2) is 0 Å². The molecular weight excluding hydrogens is 110 g/mol. The third-order valence-corrected chi connectivity index (χ3v) is 1.02. The molecule has 1 heterocycles. The maximum atomic E-state index is 10.0. The molecule has 1 amide bonds. The molecule has 4 nitrogen and oxygen atoms in total. The van der Waals surface area contributed by atoms with Gasteiger partial charge in [-0.25, -0.2) is 4.79 Å². The zero-order chi connectivity index (χ0) is 5.98. The summed E-state index contributed by atoms with van der Waals surface area (Å²) in [6.45, 7) is 1.27. The molecule has 0 atom stereocenters. The molecule has 0 radical (unpaired) electrons. The lowest BCUT2D eigenvalue weighted by Crippen LogP contribution is -2.25. The van der Waals surface area contributed by atoms with Crippen molar-refractivity contribution in [2.24, 2.45) is 0 Å². The SMILES string of the molecule is O=C(O)N1CCOC1. The van der Waals surface area contributed by atoms with E-state index in [1.807, 2.05) is 0 Å². The van der Waals surface area contributed by atoms with Gasteiger partial charge < -0.3 is 9.84 Å². The van der Waals surface area contributed by atoms with Crippen LogP contribution < -0.4 is 0 Å². The minimum absolute atomic E-state index is 0.231. The number of hydrogen-bond acceptors (Lipinski definition) is 2. The molecule has 1 aliphatic rings. The molecule has 0 aromatic heterocycles. The molecule has 1 N–H and O–H groups in total. The van der Waals surface area contributed by atoms with Crippen LogP contribution in [-0.2, 0) is 4.74 Å². The molecule has 1 fully saturated rings. The molecule has 1 rings (SSSR count). The van der Waals surface area contributed by atoms with Crippen molar-refractivity contribution in [3.8, 4) is 0 Å². The van der Waals surface area contributed by atoms with Crippen molar-refractivity contribution >= 4 is 6.09 Å². The van der Waals surface area contributed by atoms with Gasteiger partial charge >= 0.3 is 6.09 Å². The summed E-state index contributed by atoms with van der Waals surface area (Å²) in [6, 6.07) is 0. The fourth-order valence-corrected chi connectivity index (χ4v) is 0.565. The van der Waals surface area contributed by atoms with Crippen LogP contribution in [0.2, 0.25) is 0 Å². The van der Waals surface area contributed by atoms with Gasteiger partial charge in [-0.2, -0.15) is 0 Å². The molecule has 0 spiro atoms. The summed E-state index contributed by atoms with van der Waals surface area (Å²) in [7, 11) is 0. The minimum atomic E-state index is -0.900. The van der Waals surface area contributed by atoms with Gasteiger partial charge in [-0.1, -0.05) is 0 Å². The number of hydrogen-bond donors (Lipinski definition) is 1. The number of carbonyl (C=O) groups is 1. The van der Waals surface area contributed by atoms with Crippen molar-refractivity contribution in [2.75, 3.05) is 19.9 Å². The average molecular weight is 117 g/mol. The Bertz CT molecular complexity index is 97.5. The summed E-state index contributed by atoms with van der Waals surface area (Å²) in [4.78, 5) is 11.3. The van der Waals surface area contributed by atoms with Gasteiger partial charge in [-0.05, 0) is 0 Å². The second-order valence-corrected chi connectivity index (χ2v) is 1.58. The van der Waals surface area contributed by atoms with Crippen LogP contribution in [0.25, 0.3) is 0 Å². The van der Waals surface area contributed by atoms with Gasteiger partial charge in [0.15, 0.2) is 0 Å². The number of rotatable bonds is 0. The summed E-state index contributed by atoms with van der Waals surface area (Å²) in [6.07, 6.45) is -0.900. The number of amides is 1. The Kier molecular flexibility index (Phi) is 1.34. The molecule has 1 saturated heterocycles. The normalized spacial score (nSPS) is 19.2. The smallest absolute Gasteiger partial charge is 0.409 e. The minimum Gasteiger partial charge on any atom is -0.465 e. The molecule has 0 aromatic carbocycles. The van der Waals surface area contributed by atoms with E-state index in [-0.39, 0.29) is 6.73 Å². The van der Waals surface area contributed by atoms with E-state index in [2.05, 4.69) is 0 Å². The van der Waals surface area contributed by atoms with Gasteiger partial charge in [0.25, 0.3) is 0 Å². The third kappa shape index (κ3) is 0.894. The first-order chi connectivity index (χ1) is 3.80. The van der Waals surface area contributed by atoms with Gasteiger partial charge in [0, 0.05) is 6.54 Å². The van der Waals surface area contributed by atoms with Crippen molar-refractivity contribution in [3.05, 3.63) is 0 Å². The van der Waals surface area contributed by atoms with E-state index >= 15 is 0 Å². The highest BCUT2D eigenvalue weighted by molar-refractivity contribution is 5.64. The lowest BCUT2D eigenvalue weighted by Gasteiger charge is -2.05. The highest BCUT2D eigenvalue weighted by Crippen LogP contribution is 1.97. The molecule has 46 valence electrons. The number of ether oxygens (including phenoxy) is 1. The first-order valence-corrected chi connectivity index (χ1v) is 2.36. The van der Waals surface area contributed by atoms with Crippen LogP contribution in [0.3, 0.4) is 0 Å². The predicted octanol–water partition coefficient (Wildman–Crippen LogP) is -0.0459. The van der Waals surface area contributed by atoms with Crippen molar-refractivity contribution in [3.63, 3.8) is 0 Å². The van der Waals surface area contributed by atoms with Gasteiger partial charge in [-0.3, -0.25) is 4.90 Å². The largest absolute Gasteiger partial charge is 0.465 e. The van der Waals surface area contributed by atoms with E-state index < -0.39 is 6.09 Å². The number of carboxylic acid groups (broad SMARTS) is 1. The van der Waals surface area contributed by atoms with Crippen LogP contribution in [0, 0.1) is 0 Å². The van der Waals surface area contributed by atoms with Crippen molar-refractivity contribution < 1.29 is 14.6 Å². The molecule has 0 aromatic rings. The maximum Gasteiger partial charge on any atom is 0.409 e. The Hall–Kier alpha value is -0.770. The van der Waals surface area contributed by atoms with Crippen molar-refractivity contribution in [1.29, 1.82) is 0 Å². The summed E-state index contributed by atoms with van der Waals surface area (Å²) in [5.74, 6) is 0. The zero-order valence-electron chi connectivity index (χ0n) is 4.33. The monoisotopic (exact) mass is 117 g/mol. The van der Waals surface area contributed by atoms with E-state index in [1.54, 1.807) is 0 Å². The second-order valence-electron chi connectivity index (χ2n) is 1.58. The van der Waals surface area contributed by atoms with Gasteiger partial charge in [0.1, 0.15) is 6.73 Å². The Labute approximate surface area is 46.7 Å². The summed E-state index contributed by atoms with van der Waals surface area (Å²) >= 11 is 0. The lowest BCUT2D eigenvalue weighted by molar-refractivity contribution is 0.116. The fourth-order valence-electron chi connectivity index (χ4n) is 0.565. The average Bonchev–Trinajstić information content (AvgIpc) is 2.12. The van der Waals surface area contributed by atoms with E-state index in [9.17, 15) is 4.79 Å². The van der Waals surface area contributed by atoms with E-state index in [1.165, 1.54) is 4.90 Å². The van der Waals surface area contributed by atoms with E-state index in [0.717, 1.165) is 0 Å². The lowest BCUT2D eigenvalue weighted by atomic mass is 10.7. The number of nitrogens with zero attached hydrogens (tertiary/aromatic N) is 1. The molecule has 8 heavy (non-hydrogen) atoms. The summed E-state index contributed by atoms with van der Waals surface area (Å²) in [5.41, 5.74) is 0. The summed E-state index contributed by atoms with van der Waals surface area (Å²) < 4.78 is 4.76. The standard InChI is InChI=1S/C4H7NO3/c6-4(7)5-1-2-8-3-5/h1-3H2,(H,6,7). The topological polar surface area (TPSA) is 49.8 Å². The van der Waals surface area contributed by atoms with Crippen molar-refractivity contribution in [1.82, 2.24) is 4.90 Å². The third-order valence-electron chi connectivity index (χ3n) is 1.02. The highest BCUT2D eigenvalue weighted by atomic mass is 16.5. The molecule has 0 unspecified atom stereocenters. The second kappa shape index (κ2) is 2.00. The van der Waals surface area contributed by atoms with Crippen LogP contribution in [0.1, 0.15) is 0 Å². The van der Waals surface area contributed by atoms with E-state index in [0.29, 0.717) is 13.2 Å². The summed E-state index contributed by atoms with van der Waals surface area (Å²) in [5, 5.41) is 8.26. The van der Waals surface area contributed by atoms with Gasteiger partial charge in [-0.15, -0.1) is 0 Å². The Morgan fingerprint density at radius 1 is 1.75 bits per heavy atom. The predicted molar refractivity (Wildman–Crippen MR) is 25.5 cm³/mol. The first kappa shape index (κ1) is 5.37. The van der Waals surface area contributed by atoms with Gasteiger partial charge in [0.05, 0.1) is 6.61 Å². The molecular formula is C4H7NO3. The van der Waals surface area contributed by atoms with Crippen molar-refractivity contribution in [2.45, 2.75) is 0 Å². The molecule has 4 heteroatoms. The van der Waals surface area contributed by atoms with E-state index in [4.69, 9.17) is 9.84 Å². The molecule has 1 aliphatic heterocycles. The highest BCUT2D eigenvalue weighted by Gasteiger charge is 2.15. The molecule has 0 saturated carbocycles. The quantitative estimate of drug-likeness (QED) is 0.484. The Morgan fingerprint density at radius 2 is 2.50 bits per heavy atom. The molecule has 0 bridgehead atoms. The Morgan fingerprint density at radius 3 is 2.75 bits per heavy atom.